The maximum Gasteiger partial charge on any atom is 0.223 e. The summed E-state index contributed by atoms with van der Waals surface area (Å²) < 4.78 is 18.0. The molecule has 0 aliphatic carbocycles. The van der Waals surface area contributed by atoms with Crippen molar-refractivity contribution in [1.82, 2.24) is 5.32 Å². The number of thiophene rings is 1. The summed E-state index contributed by atoms with van der Waals surface area (Å²) in [6, 6.07) is 9.65. The predicted octanol–water partition coefficient (Wildman–Crippen LogP) is 2.97. The summed E-state index contributed by atoms with van der Waals surface area (Å²) in [5.74, 6) is 0.198. The van der Waals surface area contributed by atoms with Crippen molar-refractivity contribution in [2.75, 3.05) is 6.61 Å². The standard InChI is InChI=1S/C14H14FNO2S/c15-11-3-5-12(6-4-11)18-8-7-14(17)16-10-13-2-1-9-19-13/h1-6,9H,7-8,10H2,(H,16,17). The van der Waals surface area contributed by atoms with Crippen molar-refractivity contribution in [3.05, 3.63) is 52.5 Å². The van der Waals surface area contributed by atoms with Crippen molar-refractivity contribution in [2.45, 2.75) is 13.0 Å². The van der Waals surface area contributed by atoms with Gasteiger partial charge in [0.1, 0.15) is 11.6 Å². The van der Waals surface area contributed by atoms with E-state index >= 15 is 0 Å². The van der Waals surface area contributed by atoms with E-state index in [1.165, 1.54) is 12.1 Å². The Hall–Kier alpha value is -1.88. The van der Waals surface area contributed by atoms with Crippen LogP contribution in [0.25, 0.3) is 0 Å². The van der Waals surface area contributed by atoms with Gasteiger partial charge in [0.05, 0.1) is 19.6 Å². The lowest BCUT2D eigenvalue weighted by molar-refractivity contribution is -0.121. The fourth-order valence-electron chi connectivity index (χ4n) is 1.48. The highest BCUT2D eigenvalue weighted by Crippen LogP contribution is 2.11. The smallest absolute Gasteiger partial charge is 0.223 e. The molecule has 0 saturated heterocycles. The number of nitrogens with one attached hydrogen (secondary N) is 1. The first-order valence-corrected chi connectivity index (χ1v) is 6.79. The zero-order valence-corrected chi connectivity index (χ0v) is 11.1. The Bertz CT molecular complexity index is 511. The van der Waals surface area contributed by atoms with E-state index in [0.29, 0.717) is 12.3 Å². The Morgan fingerprint density at radius 3 is 2.74 bits per heavy atom. The van der Waals surface area contributed by atoms with Gasteiger partial charge in [-0.15, -0.1) is 11.3 Å². The van der Waals surface area contributed by atoms with E-state index in [4.69, 9.17) is 4.74 Å². The topological polar surface area (TPSA) is 38.3 Å². The highest BCUT2D eigenvalue weighted by molar-refractivity contribution is 7.09. The third kappa shape index (κ3) is 4.71. The van der Waals surface area contributed by atoms with E-state index in [-0.39, 0.29) is 24.8 Å². The summed E-state index contributed by atoms with van der Waals surface area (Å²) in [5.41, 5.74) is 0. The summed E-state index contributed by atoms with van der Waals surface area (Å²) >= 11 is 1.61. The molecule has 1 aromatic heterocycles. The molecule has 0 aliphatic heterocycles. The fourth-order valence-corrected chi connectivity index (χ4v) is 2.12. The lowest BCUT2D eigenvalue weighted by Gasteiger charge is -2.06. The minimum Gasteiger partial charge on any atom is -0.493 e. The fraction of sp³-hybridized carbons (Fsp3) is 0.214. The lowest BCUT2D eigenvalue weighted by atomic mass is 10.3. The molecule has 1 N–H and O–H groups in total. The van der Waals surface area contributed by atoms with Crippen molar-refractivity contribution >= 4 is 17.2 Å². The number of amides is 1. The van der Waals surface area contributed by atoms with Gasteiger partial charge >= 0.3 is 0 Å². The molecular formula is C14H14FNO2S. The number of halogens is 1. The number of carbonyl (C=O) groups excluding carboxylic acids is 1. The number of carbonyl (C=O) groups is 1. The van der Waals surface area contributed by atoms with Crippen molar-refractivity contribution in [3.8, 4) is 5.75 Å². The van der Waals surface area contributed by atoms with Crippen LogP contribution in [-0.4, -0.2) is 12.5 Å². The molecule has 0 saturated carbocycles. The molecule has 0 atom stereocenters. The number of benzene rings is 1. The molecule has 5 heteroatoms. The van der Waals surface area contributed by atoms with Crippen molar-refractivity contribution in [3.63, 3.8) is 0 Å². The molecule has 1 amide bonds. The molecule has 1 aromatic carbocycles. The largest absolute Gasteiger partial charge is 0.493 e. The first-order chi connectivity index (χ1) is 9.24. The van der Waals surface area contributed by atoms with E-state index in [1.807, 2.05) is 17.5 Å². The quantitative estimate of drug-likeness (QED) is 0.883. The van der Waals surface area contributed by atoms with Gasteiger partial charge < -0.3 is 10.1 Å². The summed E-state index contributed by atoms with van der Waals surface area (Å²) in [7, 11) is 0. The first kappa shape index (κ1) is 13.5. The van der Waals surface area contributed by atoms with Crippen molar-refractivity contribution < 1.29 is 13.9 Å². The van der Waals surface area contributed by atoms with Gasteiger partial charge in [-0.1, -0.05) is 6.07 Å². The second-order valence-corrected chi connectivity index (χ2v) is 4.94. The van der Waals surface area contributed by atoms with Gasteiger partial charge in [-0.3, -0.25) is 4.79 Å². The number of hydrogen-bond donors (Lipinski definition) is 1. The maximum absolute atomic E-state index is 12.7. The number of ether oxygens (including phenoxy) is 1. The Labute approximate surface area is 115 Å². The molecule has 0 bridgehead atoms. The number of rotatable bonds is 6. The van der Waals surface area contributed by atoms with E-state index in [9.17, 15) is 9.18 Å². The Morgan fingerprint density at radius 2 is 2.05 bits per heavy atom. The average molecular weight is 279 g/mol. The van der Waals surface area contributed by atoms with Crippen LogP contribution < -0.4 is 10.1 Å². The second-order valence-electron chi connectivity index (χ2n) is 3.91. The molecule has 2 aromatic rings. The highest BCUT2D eigenvalue weighted by atomic mass is 32.1. The molecule has 0 radical (unpaired) electrons. The van der Waals surface area contributed by atoms with Crippen molar-refractivity contribution in [2.24, 2.45) is 0 Å². The van der Waals surface area contributed by atoms with Gasteiger partial charge in [0.2, 0.25) is 5.91 Å². The zero-order valence-electron chi connectivity index (χ0n) is 10.3. The molecular weight excluding hydrogens is 265 g/mol. The first-order valence-electron chi connectivity index (χ1n) is 5.91. The third-order valence-corrected chi connectivity index (χ3v) is 3.33. The summed E-state index contributed by atoms with van der Waals surface area (Å²) in [6.07, 6.45) is 0.281. The monoisotopic (exact) mass is 279 g/mol. The van der Waals surface area contributed by atoms with E-state index in [0.717, 1.165) is 4.88 Å². The van der Waals surface area contributed by atoms with Crippen LogP contribution in [-0.2, 0) is 11.3 Å². The molecule has 3 nitrogen and oxygen atoms in total. The Balaban J connectivity index is 1.65. The third-order valence-electron chi connectivity index (χ3n) is 2.45. The second kappa shape index (κ2) is 6.89. The Morgan fingerprint density at radius 1 is 1.26 bits per heavy atom. The van der Waals surface area contributed by atoms with E-state index < -0.39 is 0 Å². The SMILES string of the molecule is O=C(CCOc1ccc(F)cc1)NCc1cccs1. The van der Waals surface area contributed by atoms with Gasteiger partial charge in [-0.2, -0.15) is 0 Å². The zero-order chi connectivity index (χ0) is 13.5. The van der Waals surface area contributed by atoms with E-state index in [2.05, 4.69) is 5.32 Å². The van der Waals surface area contributed by atoms with Crippen LogP contribution >= 0.6 is 11.3 Å². The molecule has 19 heavy (non-hydrogen) atoms. The van der Waals surface area contributed by atoms with Gasteiger partial charge in [0.15, 0.2) is 0 Å². The summed E-state index contributed by atoms with van der Waals surface area (Å²) in [5, 5.41) is 4.78. The summed E-state index contributed by atoms with van der Waals surface area (Å²) in [6.45, 7) is 0.828. The molecule has 0 aliphatic rings. The van der Waals surface area contributed by atoms with Crippen LogP contribution in [0.5, 0.6) is 5.75 Å². The van der Waals surface area contributed by atoms with Gasteiger partial charge in [-0.05, 0) is 35.7 Å². The van der Waals surface area contributed by atoms with E-state index in [1.54, 1.807) is 23.5 Å². The van der Waals surface area contributed by atoms with Gasteiger partial charge in [0.25, 0.3) is 0 Å². The average Bonchev–Trinajstić information content (AvgIpc) is 2.92. The van der Waals surface area contributed by atoms with Crippen LogP contribution in [0.1, 0.15) is 11.3 Å². The van der Waals surface area contributed by atoms with Crippen LogP contribution in [0, 0.1) is 5.82 Å². The maximum atomic E-state index is 12.7. The summed E-state index contributed by atoms with van der Waals surface area (Å²) in [4.78, 5) is 12.7. The van der Waals surface area contributed by atoms with Crippen LogP contribution in [0.15, 0.2) is 41.8 Å². The predicted molar refractivity (Wildman–Crippen MR) is 72.7 cm³/mol. The molecule has 0 spiro atoms. The molecule has 0 unspecified atom stereocenters. The minimum atomic E-state index is -0.305. The Kier molecular flexibility index (Phi) is 4.92. The number of hydrogen-bond acceptors (Lipinski definition) is 3. The molecule has 1 heterocycles. The molecule has 100 valence electrons. The highest BCUT2D eigenvalue weighted by Gasteiger charge is 2.02. The normalized spacial score (nSPS) is 10.2. The molecule has 0 fully saturated rings. The lowest BCUT2D eigenvalue weighted by Crippen LogP contribution is -2.23. The van der Waals surface area contributed by atoms with Crippen LogP contribution in [0.4, 0.5) is 4.39 Å². The molecule has 2 rings (SSSR count). The van der Waals surface area contributed by atoms with Crippen LogP contribution in [0.3, 0.4) is 0 Å². The minimum absolute atomic E-state index is 0.0597. The van der Waals surface area contributed by atoms with Crippen LogP contribution in [0.2, 0.25) is 0 Å². The van der Waals surface area contributed by atoms with Gasteiger partial charge in [0, 0.05) is 4.88 Å². The van der Waals surface area contributed by atoms with Crippen molar-refractivity contribution in [1.29, 1.82) is 0 Å². The van der Waals surface area contributed by atoms with Gasteiger partial charge in [-0.25, -0.2) is 4.39 Å².